The number of esters is 1. The highest BCUT2D eigenvalue weighted by atomic mass is 32.2. The van der Waals surface area contributed by atoms with Crippen molar-refractivity contribution in [2.24, 2.45) is 0 Å². The average molecular weight is 419 g/mol. The molecule has 4 rings (SSSR count). The highest BCUT2D eigenvalue weighted by molar-refractivity contribution is 7.89. The minimum Gasteiger partial charge on any atom is -0.485 e. The Balaban J connectivity index is 1.52. The lowest BCUT2D eigenvalue weighted by molar-refractivity contribution is -0.142. The molecule has 0 spiro atoms. The molecule has 9 heteroatoms. The number of fused-ring (bicyclic) bond motifs is 3. The van der Waals surface area contributed by atoms with Gasteiger partial charge in [-0.1, -0.05) is 30.3 Å². The van der Waals surface area contributed by atoms with E-state index < -0.39 is 40.2 Å². The van der Waals surface area contributed by atoms with Crippen LogP contribution in [0.15, 0.2) is 53.4 Å². The molecule has 0 aromatic heterocycles. The van der Waals surface area contributed by atoms with Crippen LogP contribution in [0, 0.1) is 0 Å². The zero-order valence-electron chi connectivity index (χ0n) is 15.6. The molecule has 154 valence electrons. The second-order valence-corrected chi connectivity index (χ2v) is 8.70. The van der Waals surface area contributed by atoms with Gasteiger partial charge in [0.1, 0.15) is 6.10 Å². The quantitative estimate of drug-likeness (QED) is 0.677. The molecule has 1 heterocycles. The Kier molecular flexibility index (Phi) is 5.20. The van der Waals surface area contributed by atoms with Crippen LogP contribution < -0.4 is 14.2 Å². The predicted molar refractivity (Wildman–Crippen MR) is 102 cm³/mol. The fourth-order valence-electron chi connectivity index (χ4n) is 3.88. The Labute approximate surface area is 168 Å². The summed E-state index contributed by atoms with van der Waals surface area (Å²) in [6, 6.07) is 12.6. The first-order valence-corrected chi connectivity index (χ1v) is 10.6. The number of para-hydroxylation sites is 1. The Morgan fingerprint density at radius 3 is 2.69 bits per heavy atom. The van der Waals surface area contributed by atoms with Gasteiger partial charge < -0.3 is 19.3 Å². The van der Waals surface area contributed by atoms with Crippen LogP contribution in [0.3, 0.4) is 0 Å². The lowest BCUT2D eigenvalue weighted by atomic mass is 9.95. The molecule has 2 aromatic carbocycles. The smallest absolute Gasteiger partial charge is 0.343 e. The third kappa shape index (κ3) is 3.68. The SMILES string of the molecule is COC(=O)COc1cccc2c1OC1CC(NS(=O)(=O)c3ccccc3)C(O)C21. The molecular formula is C20H21NO7S. The summed E-state index contributed by atoms with van der Waals surface area (Å²) in [4.78, 5) is 11.5. The van der Waals surface area contributed by atoms with E-state index in [1.54, 1.807) is 30.3 Å². The van der Waals surface area contributed by atoms with Gasteiger partial charge in [0.15, 0.2) is 18.1 Å². The van der Waals surface area contributed by atoms with E-state index >= 15 is 0 Å². The second kappa shape index (κ2) is 7.66. The van der Waals surface area contributed by atoms with E-state index in [0.29, 0.717) is 17.9 Å². The van der Waals surface area contributed by atoms with E-state index in [1.807, 2.05) is 6.07 Å². The molecule has 4 unspecified atom stereocenters. The number of aliphatic hydroxyl groups excluding tert-OH is 1. The first-order chi connectivity index (χ1) is 13.9. The third-order valence-electron chi connectivity index (χ3n) is 5.24. The first-order valence-electron chi connectivity index (χ1n) is 9.15. The van der Waals surface area contributed by atoms with Crippen molar-refractivity contribution in [1.82, 2.24) is 4.72 Å². The van der Waals surface area contributed by atoms with Crippen molar-refractivity contribution in [3.8, 4) is 11.5 Å². The van der Waals surface area contributed by atoms with Crippen LogP contribution in [-0.2, 0) is 19.6 Å². The maximum absolute atomic E-state index is 12.6. The maximum atomic E-state index is 12.6. The summed E-state index contributed by atoms with van der Waals surface area (Å²) < 4.78 is 43.8. The number of nitrogens with one attached hydrogen (secondary N) is 1. The number of benzene rings is 2. The van der Waals surface area contributed by atoms with E-state index in [1.165, 1.54) is 19.2 Å². The molecule has 2 N–H and O–H groups in total. The molecule has 0 bridgehead atoms. The highest BCUT2D eigenvalue weighted by Crippen LogP contribution is 2.51. The number of rotatable bonds is 6. The van der Waals surface area contributed by atoms with Crippen LogP contribution in [0.2, 0.25) is 0 Å². The Morgan fingerprint density at radius 2 is 1.97 bits per heavy atom. The van der Waals surface area contributed by atoms with Gasteiger partial charge in [-0.25, -0.2) is 17.9 Å². The average Bonchev–Trinajstić information content (AvgIpc) is 3.23. The number of carbonyl (C=O) groups is 1. The number of carbonyl (C=O) groups excluding carboxylic acids is 1. The number of sulfonamides is 1. The molecule has 2 aromatic rings. The molecular weight excluding hydrogens is 398 g/mol. The molecule has 1 saturated carbocycles. The van der Waals surface area contributed by atoms with Crippen molar-refractivity contribution in [2.75, 3.05) is 13.7 Å². The second-order valence-electron chi connectivity index (χ2n) is 6.99. The predicted octanol–water partition coefficient (Wildman–Crippen LogP) is 1.19. The topological polar surface area (TPSA) is 111 Å². The standard InChI is InChI=1S/C20H21NO7S/c1-26-17(22)11-27-15-9-5-8-13-18-16(28-20(13)15)10-14(19(18)23)21-29(24,25)12-6-3-2-4-7-12/h2-9,14,16,18-19,21,23H,10-11H2,1H3. The van der Waals surface area contributed by atoms with E-state index in [2.05, 4.69) is 9.46 Å². The van der Waals surface area contributed by atoms with Crippen LogP contribution in [0.25, 0.3) is 0 Å². The van der Waals surface area contributed by atoms with E-state index in [9.17, 15) is 18.3 Å². The molecule has 0 amide bonds. The lowest BCUT2D eigenvalue weighted by Crippen LogP contribution is -2.41. The molecule has 1 aliphatic heterocycles. The summed E-state index contributed by atoms with van der Waals surface area (Å²) in [5.41, 5.74) is 0.728. The van der Waals surface area contributed by atoms with Crippen molar-refractivity contribution in [2.45, 2.75) is 35.5 Å². The Bertz CT molecular complexity index is 1010. The molecule has 0 radical (unpaired) electrons. The maximum Gasteiger partial charge on any atom is 0.343 e. The number of methoxy groups -OCH3 is 1. The van der Waals surface area contributed by atoms with Crippen LogP contribution >= 0.6 is 0 Å². The Morgan fingerprint density at radius 1 is 1.21 bits per heavy atom. The Hall–Kier alpha value is -2.62. The molecule has 1 fully saturated rings. The molecule has 1 aliphatic carbocycles. The van der Waals surface area contributed by atoms with Crippen molar-refractivity contribution in [3.63, 3.8) is 0 Å². The number of hydrogen-bond acceptors (Lipinski definition) is 7. The third-order valence-corrected chi connectivity index (χ3v) is 6.74. The van der Waals surface area contributed by atoms with Gasteiger partial charge in [-0.2, -0.15) is 0 Å². The summed E-state index contributed by atoms with van der Waals surface area (Å²) in [5, 5.41) is 10.8. The molecule has 8 nitrogen and oxygen atoms in total. The summed E-state index contributed by atoms with van der Waals surface area (Å²) in [6.07, 6.45) is -1.05. The fourth-order valence-corrected chi connectivity index (χ4v) is 5.16. The van der Waals surface area contributed by atoms with Crippen LogP contribution in [0.1, 0.15) is 17.9 Å². The largest absolute Gasteiger partial charge is 0.485 e. The van der Waals surface area contributed by atoms with E-state index in [-0.39, 0.29) is 11.5 Å². The number of ether oxygens (including phenoxy) is 3. The first kappa shape index (κ1) is 19.7. The van der Waals surface area contributed by atoms with Gasteiger partial charge >= 0.3 is 5.97 Å². The van der Waals surface area contributed by atoms with Crippen LogP contribution in [0.4, 0.5) is 0 Å². The van der Waals surface area contributed by atoms with Gasteiger partial charge in [0.2, 0.25) is 10.0 Å². The van der Waals surface area contributed by atoms with Crippen LogP contribution in [-0.4, -0.2) is 51.5 Å². The molecule has 0 saturated heterocycles. The summed E-state index contributed by atoms with van der Waals surface area (Å²) in [7, 11) is -2.48. The number of hydrogen-bond donors (Lipinski definition) is 2. The van der Waals surface area contributed by atoms with Crippen molar-refractivity contribution in [1.29, 1.82) is 0 Å². The summed E-state index contributed by atoms with van der Waals surface area (Å²) in [6.45, 7) is -0.256. The van der Waals surface area contributed by atoms with Gasteiger partial charge in [0.05, 0.1) is 30.1 Å². The van der Waals surface area contributed by atoms with Crippen molar-refractivity contribution < 1.29 is 32.5 Å². The van der Waals surface area contributed by atoms with E-state index in [4.69, 9.17) is 9.47 Å². The van der Waals surface area contributed by atoms with Gasteiger partial charge in [-0.05, 0) is 18.2 Å². The van der Waals surface area contributed by atoms with Gasteiger partial charge in [-0.3, -0.25) is 0 Å². The normalized spacial score (nSPS) is 25.0. The molecule has 29 heavy (non-hydrogen) atoms. The van der Waals surface area contributed by atoms with Gasteiger partial charge in [-0.15, -0.1) is 0 Å². The monoisotopic (exact) mass is 419 g/mol. The summed E-state index contributed by atoms with van der Waals surface area (Å²) >= 11 is 0. The summed E-state index contributed by atoms with van der Waals surface area (Å²) in [5.74, 6) is -0.0582. The van der Waals surface area contributed by atoms with Crippen LogP contribution in [0.5, 0.6) is 11.5 Å². The number of aliphatic hydroxyl groups is 1. The van der Waals surface area contributed by atoms with Crippen molar-refractivity contribution in [3.05, 3.63) is 54.1 Å². The minimum absolute atomic E-state index is 0.143. The highest BCUT2D eigenvalue weighted by Gasteiger charge is 2.51. The lowest BCUT2D eigenvalue weighted by Gasteiger charge is -2.20. The van der Waals surface area contributed by atoms with Gasteiger partial charge in [0.25, 0.3) is 0 Å². The molecule has 2 aliphatic rings. The zero-order chi connectivity index (χ0) is 20.6. The van der Waals surface area contributed by atoms with E-state index in [0.717, 1.165) is 5.56 Å². The zero-order valence-corrected chi connectivity index (χ0v) is 16.5. The van der Waals surface area contributed by atoms with Crippen molar-refractivity contribution >= 4 is 16.0 Å². The minimum atomic E-state index is -3.76. The fraction of sp³-hybridized carbons (Fsp3) is 0.350. The van der Waals surface area contributed by atoms with Gasteiger partial charge in [0, 0.05) is 12.0 Å². The molecule has 4 atom stereocenters.